The molecule has 2 atom stereocenters. The van der Waals surface area contributed by atoms with Gasteiger partial charge in [-0.25, -0.2) is 4.79 Å². The first kappa shape index (κ1) is 29.6. The third-order valence-electron chi connectivity index (χ3n) is 5.58. The average molecular weight is 531 g/mol. The number of halogens is 1. The maximum absolute atomic E-state index is 13.0. The van der Waals surface area contributed by atoms with Crippen molar-refractivity contribution < 1.29 is 23.9 Å². The molecule has 4 N–H and O–H groups in total. The molecule has 37 heavy (non-hydrogen) atoms. The highest BCUT2D eigenvalue weighted by molar-refractivity contribution is 6.38. The van der Waals surface area contributed by atoms with Crippen LogP contribution in [0.4, 0.5) is 4.79 Å². The monoisotopic (exact) mass is 530 g/mol. The van der Waals surface area contributed by atoms with Gasteiger partial charge in [0.2, 0.25) is 11.7 Å². The Hall–Kier alpha value is -3.59. The van der Waals surface area contributed by atoms with Crippen molar-refractivity contribution in [3.05, 3.63) is 64.7 Å². The summed E-state index contributed by atoms with van der Waals surface area (Å²) in [5, 5.41) is 11.0. The number of rotatable bonds is 13. The summed E-state index contributed by atoms with van der Waals surface area (Å²) in [7, 11) is 1.46. The van der Waals surface area contributed by atoms with Crippen molar-refractivity contribution in [3.63, 3.8) is 0 Å². The van der Waals surface area contributed by atoms with Crippen LogP contribution in [0.1, 0.15) is 44.7 Å². The van der Waals surface area contributed by atoms with Crippen LogP contribution in [0.3, 0.4) is 0 Å². The molecule has 0 aliphatic carbocycles. The molecule has 0 radical (unpaired) electrons. The van der Waals surface area contributed by atoms with E-state index < -0.39 is 35.7 Å². The van der Waals surface area contributed by atoms with Gasteiger partial charge in [0.25, 0.3) is 5.91 Å². The summed E-state index contributed by atoms with van der Waals surface area (Å²) in [5.41, 5.74) is 1.52. The molecule has 0 aliphatic rings. The van der Waals surface area contributed by atoms with E-state index in [0.717, 1.165) is 5.56 Å². The van der Waals surface area contributed by atoms with Crippen molar-refractivity contribution in [2.75, 3.05) is 7.11 Å². The lowest BCUT2D eigenvalue weighted by molar-refractivity contribution is -0.140. The number of Topliss-reactive ketones (excluding diaryl/α,β-unsaturated/α-hetero) is 1. The van der Waals surface area contributed by atoms with E-state index in [-0.39, 0.29) is 18.9 Å². The van der Waals surface area contributed by atoms with Crippen molar-refractivity contribution in [2.24, 2.45) is 5.92 Å². The smallest absolute Gasteiger partial charge is 0.315 e. The minimum Gasteiger partial charge on any atom is -0.495 e. The number of para-hydroxylation sites is 1. The molecule has 0 bridgehead atoms. The van der Waals surface area contributed by atoms with Gasteiger partial charge in [0.1, 0.15) is 11.8 Å². The first-order valence-electron chi connectivity index (χ1n) is 12.2. The lowest BCUT2D eigenvalue weighted by atomic mass is 10.0. The molecule has 10 heteroatoms. The molecule has 200 valence electrons. The first-order valence-corrected chi connectivity index (χ1v) is 12.6. The zero-order valence-electron chi connectivity index (χ0n) is 21.6. The Bertz CT molecular complexity index is 1080. The fourth-order valence-electron chi connectivity index (χ4n) is 3.66. The first-order chi connectivity index (χ1) is 17.7. The number of benzene rings is 2. The van der Waals surface area contributed by atoms with E-state index in [0.29, 0.717) is 29.3 Å². The van der Waals surface area contributed by atoms with E-state index in [2.05, 4.69) is 21.3 Å². The maximum Gasteiger partial charge on any atom is 0.315 e. The van der Waals surface area contributed by atoms with Crippen LogP contribution in [0, 0.1) is 5.92 Å². The van der Waals surface area contributed by atoms with Crippen LogP contribution < -0.4 is 26.0 Å². The number of methoxy groups -OCH3 is 1. The predicted octanol–water partition coefficient (Wildman–Crippen LogP) is 3.34. The second-order valence-electron chi connectivity index (χ2n) is 8.94. The van der Waals surface area contributed by atoms with Gasteiger partial charge in [0.15, 0.2) is 0 Å². The Kier molecular flexibility index (Phi) is 11.9. The fraction of sp³-hybridized carbons (Fsp3) is 0.407. The summed E-state index contributed by atoms with van der Waals surface area (Å²) in [6.07, 6.45) is 0.559. The molecule has 2 aromatic carbocycles. The summed E-state index contributed by atoms with van der Waals surface area (Å²) in [6.45, 7) is 5.86. The fourth-order valence-corrected chi connectivity index (χ4v) is 3.93. The zero-order valence-corrected chi connectivity index (χ0v) is 22.4. The van der Waals surface area contributed by atoms with Crippen LogP contribution in [-0.4, -0.2) is 42.8 Å². The van der Waals surface area contributed by atoms with Crippen molar-refractivity contribution in [3.8, 4) is 5.75 Å². The second kappa shape index (κ2) is 14.8. The van der Waals surface area contributed by atoms with Crippen LogP contribution in [0.2, 0.25) is 5.02 Å². The minimum atomic E-state index is -1.04. The van der Waals surface area contributed by atoms with Crippen LogP contribution in [0.25, 0.3) is 0 Å². The molecular weight excluding hydrogens is 496 g/mol. The van der Waals surface area contributed by atoms with Gasteiger partial charge < -0.3 is 26.0 Å². The van der Waals surface area contributed by atoms with E-state index in [1.807, 2.05) is 44.2 Å². The van der Waals surface area contributed by atoms with Crippen molar-refractivity contribution in [1.29, 1.82) is 0 Å². The normalized spacial score (nSPS) is 12.3. The number of ether oxygens (including phenoxy) is 1. The van der Waals surface area contributed by atoms with E-state index in [9.17, 15) is 19.2 Å². The van der Waals surface area contributed by atoms with Gasteiger partial charge in [0, 0.05) is 18.7 Å². The summed E-state index contributed by atoms with van der Waals surface area (Å²) in [6, 6.07) is 12.0. The Morgan fingerprint density at radius 2 is 1.59 bits per heavy atom. The number of ketones is 1. The van der Waals surface area contributed by atoms with Crippen molar-refractivity contribution in [2.45, 2.75) is 58.8 Å². The van der Waals surface area contributed by atoms with E-state index in [4.69, 9.17) is 16.3 Å². The quantitative estimate of drug-likeness (QED) is 0.295. The Morgan fingerprint density at radius 3 is 2.22 bits per heavy atom. The molecule has 0 aliphatic heterocycles. The molecule has 4 amide bonds. The SMILES string of the molecule is CCC(NC(=O)[C@@H](CC(C)C)NC(=O)NCc1ccccc1)C(=O)C(=O)NCc1cccc(Cl)c1OC. The largest absolute Gasteiger partial charge is 0.495 e. The van der Waals surface area contributed by atoms with E-state index >= 15 is 0 Å². The predicted molar refractivity (Wildman–Crippen MR) is 142 cm³/mol. The number of hydrogen-bond donors (Lipinski definition) is 4. The molecule has 0 fully saturated rings. The third-order valence-corrected chi connectivity index (χ3v) is 5.88. The summed E-state index contributed by atoms with van der Waals surface area (Å²) in [4.78, 5) is 50.8. The topological polar surface area (TPSA) is 126 Å². The lowest BCUT2D eigenvalue weighted by Gasteiger charge is -2.23. The van der Waals surface area contributed by atoms with Gasteiger partial charge in [-0.15, -0.1) is 0 Å². The number of urea groups is 1. The number of carbonyl (C=O) groups is 4. The Balaban J connectivity index is 1.98. The van der Waals surface area contributed by atoms with E-state index in [1.54, 1.807) is 25.1 Å². The second-order valence-corrected chi connectivity index (χ2v) is 9.35. The van der Waals surface area contributed by atoms with Crippen LogP contribution in [-0.2, 0) is 27.5 Å². The molecule has 2 rings (SSSR count). The molecule has 0 aromatic heterocycles. The van der Waals surface area contributed by atoms with Gasteiger partial charge in [-0.1, -0.05) is 74.8 Å². The minimum absolute atomic E-state index is 0.0256. The van der Waals surface area contributed by atoms with Crippen LogP contribution in [0.5, 0.6) is 5.75 Å². The Labute approximate surface area is 222 Å². The zero-order chi connectivity index (χ0) is 27.4. The maximum atomic E-state index is 13.0. The van der Waals surface area contributed by atoms with Crippen LogP contribution >= 0.6 is 11.6 Å². The third kappa shape index (κ3) is 9.42. The van der Waals surface area contributed by atoms with Crippen molar-refractivity contribution >= 4 is 35.2 Å². The lowest BCUT2D eigenvalue weighted by Crippen LogP contribution is -2.55. The summed E-state index contributed by atoms with van der Waals surface area (Å²) >= 11 is 6.10. The number of amides is 4. The van der Waals surface area contributed by atoms with Gasteiger partial charge in [-0.3, -0.25) is 14.4 Å². The van der Waals surface area contributed by atoms with E-state index in [1.165, 1.54) is 7.11 Å². The number of carbonyl (C=O) groups excluding carboxylic acids is 4. The Morgan fingerprint density at radius 1 is 0.892 bits per heavy atom. The number of nitrogens with one attached hydrogen (secondary N) is 4. The molecule has 2 aromatic rings. The molecule has 9 nitrogen and oxygen atoms in total. The summed E-state index contributed by atoms with van der Waals surface area (Å²) < 4.78 is 5.26. The van der Waals surface area contributed by atoms with Crippen LogP contribution in [0.15, 0.2) is 48.5 Å². The molecule has 0 spiro atoms. The van der Waals surface area contributed by atoms with Gasteiger partial charge in [0.05, 0.1) is 18.2 Å². The van der Waals surface area contributed by atoms with Crippen molar-refractivity contribution in [1.82, 2.24) is 21.3 Å². The molecule has 0 saturated carbocycles. The number of hydrogen-bond acceptors (Lipinski definition) is 5. The van der Waals surface area contributed by atoms with Gasteiger partial charge in [-0.05, 0) is 30.4 Å². The molecule has 0 saturated heterocycles. The highest BCUT2D eigenvalue weighted by Crippen LogP contribution is 2.28. The molecule has 1 unspecified atom stereocenters. The highest BCUT2D eigenvalue weighted by Gasteiger charge is 2.29. The average Bonchev–Trinajstić information content (AvgIpc) is 2.88. The molecular formula is C27H35ClN4O5. The van der Waals surface area contributed by atoms with Gasteiger partial charge >= 0.3 is 6.03 Å². The molecule has 0 heterocycles. The summed E-state index contributed by atoms with van der Waals surface area (Å²) in [5.74, 6) is -1.66. The van der Waals surface area contributed by atoms with Gasteiger partial charge in [-0.2, -0.15) is 0 Å². The standard InChI is InChI=1S/C27H35ClN4O5/c1-5-21(23(33)26(35)29-16-19-12-9-13-20(28)24(19)37-4)31-25(34)22(14-17(2)3)32-27(36)30-15-18-10-7-6-8-11-18/h6-13,17,21-22H,5,14-16H2,1-4H3,(H,29,35)(H,31,34)(H2,30,32,36)/t21?,22-/m1/s1. The highest BCUT2D eigenvalue weighted by atomic mass is 35.5.